The summed E-state index contributed by atoms with van der Waals surface area (Å²) in [7, 11) is 0. The molecule has 33 heavy (non-hydrogen) atoms. The quantitative estimate of drug-likeness (QED) is 0.602. The average Bonchev–Trinajstić information content (AvgIpc) is 3.08. The van der Waals surface area contributed by atoms with E-state index in [1.807, 2.05) is 24.3 Å². The molecule has 174 valence electrons. The first kappa shape index (κ1) is 22.8. The number of aliphatic carboxylic acids is 1. The smallest absolute Gasteiger partial charge is 0.407 e. The van der Waals surface area contributed by atoms with Gasteiger partial charge in [-0.25, -0.2) is 4.79 Å². The number of hydrogen-bond donors (Lipinski definition) is 2. The second-order valence-electron chi connectivity index (χ2n) is 8.85. The lowest BCUT2D eigenvalue weighted by molar-refractivity contribution is -0.152. The molecule has 2 aromatic carbocycles. The highest BCUT2D eigenvalue weighted by atomic mass is 16.5. The van der Waals surface area contributed by atoms with Crippen molar-refractivity contribution in [2.24, 2.45) is 5.92 Å². The third kappa shape index (κ3) is 5.02. The molecule has 2 aliphatic rings. The molecule has 1 aliphatic carbocycles. The molecule has 0 spiro atoms. The summed E-state index contributed by atoms with van der Waals surface area (Å²) in [5, 5.41) is 11.9. The summed E-state index contributed by atoms with van der Waals surface area (Å²) < 4.78 is 5.63. The van der Waals surface area contributed by atoms with Crippen molar-refractivity contribution in [2.45, 2.75) is 44.6 Å². The van der Waals surface area contributed by atoms with Crippen LogP contribution in [0.1, 0.15) is 49.7 Å². The second kappa shape index (κ2) is 10.1. The van der Waals surface area contributed by atoms with Crippen molar-refractivity contribution < 1.29 is 24.2 Å². The number of hydrogen-bond acceptors (Lipinski definition) is 4. The maximum absolute atomic E-state index is 12.6. The summed E-state index contributed by atoms with van der Waals surface area (Å²) >= 11 is 0. The molecule has 2 aromatic rings. The zero-order chi connectivity index (χ0) is 23.4. The van der Waals surface area contributed by atoms with E-state index in [2.05, 4.69) is 36.5 Å². The van der Waals surface area contributed by atoms with E-state index >= 15 is 0 Å². The first-order valence-electron chi connectivity index (χ1n) is 11.6. The Bertz CT molecular complexity index is 985. The number of likely N-dealkylation sites (tertiary alicyclic amines) is 1. The number of carbonyl (C=O) groups excluding carboxylic acids is 2. The average molecular weight is 451 g/mol. The van der Waals surface area contributed by atoms with Crippen LogP contribution in [0, 0.1) is 5.92 Å². The number of unbranched alkanes of at least 4 members (excludes halogenated alkanes) is 1. The van der Waals surface area contributed by atoms with Crippen molar-refractivity contribution in [1.82, 2.24) is 10.2 Å². The van der Waals surface area contributed by atoms with Crippen LogP contribution in [0.4, 0.5) is 4.79 Å². The lowest BCUT2D eigenvalue weighted by atomic mass is 9.98. The number of ether oxygens (including phenoxy) is 1. The number of fused-ring (bicyclic) bond motifs is 3. The van der Waals surface area contributed by atoms with E-state index < -0.39 is 18.0 Å². The van der Waals surface area contributed by atoms with Gasteiger partial charge in [-0.2, -0.15) is 0 Å². The van der Waals surface area contributed by atoms with Gasteiger partial charge in [0.25, 0.3) is 0 Å². The lowest BCUT2D eigenvalue weighted by Crippen LogP contribution is -2.54. The van der Waals surface area contributed by atoms with Crippen LogP contribution >= 0.6 is 0 Å². The number of nitrogens with one attached hydrogen (secondary N) is 1. The number of carboxylic acid groups (broad SMARTS) is 1. The summed E-state index contributed by atoms with van der Waals surface area (Å²) in [5.41, 5.74) is 4.63. The Kier molecular flexibility index (Phi) is 6.96. The highest BCUT2D eigenvalue weighted by Gasteiger charge is 2.36. The van der Waals surface area contributed by atoms with Crippen LogP contribution in [-0.2, 0) is 14.3 Å². The minimum Gasteiger partial charge on any atom is -0.481 e. The Morgan fingerprint density at radius 1 is 1.06 bits per heavy atom. The van der Waals surface area contributed by atoms with Gasteiger partial charge in [-0.1, -0.05) is 68.3 Å². The fourth-order valence-corrected chi connectivity index (χ4v) is 4.66. The van der Waals surface area contributed by atoms with E-state index in [1.165, 1.54) is 16.0 Å². The number of carboxylic acids is 1. The van der Waals surface area contributed by atoms with Crippen LogP contribution in [0.2, 0.25) is 0 Å². The molecule has 1 heterocycles. The largest absolute Gasteiger partial charge is 0.481 e. The zero-order valence-corrected chi connectivity index (χ0v) is 18.8. The molecule has 2 amide bonds. The minimum absolute atomic E-state index is 0.0205. The summed E-state index contributed by atoms with van der Waals surface area (Å²) in [4.78, 5) is 37.7. The number of carbonyl (C=O) groups is 3. The summed E-state index contributed by atoms with van der Waals surface area (Å²) in [5.74, 6) is -1.52. The highest BCUT2D eigenvalue weighted by molar-refractivity contribution is 5.82. The van der Waals surface area contributed by atoms with Crippen LogP contribution in [0.3, 0.4) is 0 Å². The van der Waals surface area contributed by atoms with Gasteiger partial charge >= 0.3 is 12.1 Å². The van der Waals surface area contributed by atoms with Crippen molar-refractivity contribution in [3.63, 3.8) is 0 Å². The summed E-state index contributed by atoms with van der Waals surface area (Å²) in [6.07, 6.45) is 2.11. The number of nitrogens with zero attached hydrogens (tertiary/aromatic N) is 1. The van der Waals surface area contributed by atoms with Gasteiger partial charge in [-0.3, -0.25) is 9.59 Å². The van der Waals surface area contributed by atoms with Crippen molar-refractivity contribution in [3.05, 3.63) is 59.7 Å². The molecule has 0 unspecified atom stereocenters. The first-order chi connectivity index (χ1) is 16.0. The van der Waals surface area contributed by atoms with Crippen molar-refractivity contribution in [3.8, 4) is 11.1 Å². The van der Waals surface area contributed by atoms with Crippen LogP contribution in [-0.4, -0.2) is 53.7 Å². The third-order valence-electron chi connectivity index (χ3n) is 6.58. The number of benzene rings is 2. The van der Waals surface area contributed by atoms with Crippen molar-refractivity contribution in [2.75, 3.05) is 19.7 Å². The number of alkyl carbamates (subject to hydrolysis) is 1. The summed E-state index contributed by atoms with van der Waals surface area (Å²) in [6, 6.07) is 16.0. The van der Waals surface area contributed by atoms with Gasteiger partial charge in [0, 0.05) is 31.5 Å². The van der Waals surface area contributed by atoms with Crippen molar-refractivity contribution >= 4 is 18.0 Å². The van der Waals surface area contributed by atoms with Crippen LogP contribution < -0.4 is 5.32 Å². The molecule has 0 saturated carbocycles. The minimum atomic E-state index is -0.877. The van der Waals surface area contributed by atoms with Crippen molar-refractivity contribution in [1.29, 1.82) is 0 Å². The van der Waals surface area contributed by atoms with Gasteiger partial charge in [0.15, 0.2) is 0 Å². The first-order valence-corrected chi connectivity index (χ1v) is 11.6. The van der Waals surface area contributed by atoms with Gasteiger partial charge < -0.3 is 20.1 Å². The molecule has 1 saturated heterocycles. The highest BCUT2D eigenvalue weighted by Crippen LogP contribution is 2.44. The summed E-state index contributed by atoms with van der Waals surface area (Å²) in [6.45, 7) is 2.75. The predicted octanol–water partition coefficient (Wildman–Crippen LogP) is 4.02. The normalized spacial score (nSPS) is 15.8. The van der Waals surface area contributed by atoms with Gasteiger partial charge in [0.2, 0.25) is 5.91 Å². The second-order valence-corrected chi connectivity index (χ2v) is 8.85. The molecular weight excluding hydrogens is 420 g/mol. The van der Waals surface area contributed by atoms with Gasteiger partial charge in [0.1, 0.15) is 6.61 Å². The van der Waals surface area contributed by atoms with E-state index in [0.717, 1.165) is 24.0 Å². The Balaban J connectivity index is 1.34. The predicted molar refractivity (Wildman–Crippen MR) is 124 cm³/mol. The molecule has 1 fully saturated rings. The number of amides is 2. The molecular formula is C26H30N2O5. The number of rotatable bonds is 9. The molecule has 7 heteroatoms. The van der Waals surface area contributed by atoms with Crippen LogP contribution in [0.25, 0.3) is 11.1 Å². The Hall–Kier alpha value is -3.35. The molecule has 7 nitrogen and oxygen atoms in total. The van der Waals surface area contributed by atoms with Gasteiger partial charge in [-0.05, 0) is 28.7 Å². The van der Waals surface area contributed by atoms with Crippen LogP contribution in [0.15, 0.2) is 48.5 Å². The Morgan fingerprint density at radius 3 is 2.24 bits per heavy atom. The van der Waals surface area contributed by atoms with Crippen LogP contribution in [0.5, 0.6) is 0 Å². The van der Waals surface area contributed by atoms with E-state index in [-0.39, 0.29) is 44.0 Å². The fraction of sp³-hybridized carbons (Fsp3) is 0.423. The molecule has 2 N–H and O–H groups in total. The fourth-order valence-electron chi connectivity index (χ4n) is 4.66. The molecule has 4 rings (SSSR count). The topological polar surface area (TPSA) is 95.9 Å². The monoisotopic (exact) mass is 450 g/mol. The Morgan fingerprint density at radius 2 is 1.67 bits per heavy atom. The SMILES string of the molecule is CCCC[C@@H](CC(=O)N1CC(C(=O)O)C1)NC(=O)OCC1c2ccccc2-c2ccccc21. The molecule has 0 radical (unpaired) electrons. The van der Waals surface area contributed by atoms with Gasteiger partial charge in [-0.15, -0.1) is 0 Å². The molecule has 0 bridgehead atoms. The third-order valence-corrected chi connectivity index (χ3v) is 6.58. The van der Waals surface area contributed by atoms with Gasteiger partial charge in [0.05, 0.1) is 5.92 Å². The maximum Gasteiger partial charge on any atom is 0.407 e. The zero-order valence-electron chi connectivity index (χ0n) is 18.8. The lowest BCUT2D eigenvalue weighted by Gasteiger charge is -2.37. The Labute approximate surface area is 193 Å². The molecule has 1 atom stereocenters. The van der Waals surface area contributed by atoms with E-state index in [9.17, 15) is 14.4 Å². The van der Waals surface area contributed by atoms with E-state index in [1.54, 1.807) is 0 Å². The molecule has 1 aliphatic heterocycles. The van der Waals surface area contributed by atoms with E-state index in [4.69, 9.17) is 9.84 Å². The standard InChI is InChI=1S/C26H30N2O5/c1-2-3-8-18(13-24(29)28-14-17(15-28)25(30)31)27-26(32)33-16-23-21-11-6-4-9-19(21)20-10-5-7-12-22(20)23/h4-7,9-12,17-18,23H,2-3,8,13-16H2,1H3,(H,27,32)(H,30,31)/t18-/m0/s1. The molecule has 0 aromatic heterocycles. The maximum atomic E-state index is 12.6. The van der Waals surface area contributed by atoms with E-state index in [0.29, 0.717) is 6.42 Å².